The van der Waals surface area contributed by atoms with E-state index in [9.17, 15) is 18.0 Å². The number of amides is 2. The molecule has 0 aromatic heterocycles. The zero-order valence-electron chi connectivity index (χ0n) is 25.6. The molecule has 1 unspecified atom stereocenters. The second-order valence-corrected chi connectivity index (χ2v) is 13.5. The van der Waals surface area contributed by atoms with Gasteiger partial charge in [-0.05, 0) is 66.9 Å². The minimum Gasteiger partial charge on any atom is -0.497 e. The van der Waals surface area contributed by atoms with Crippen molar-refractivity contribution in [2.45, 2.75) is 44.2 Å². The van der Waals surface area contributed by atoms with Crippen LogP contribution >= 0.6 is 15.9 Å². The highest BCUT2D eigenvalue weighted by molar-refractivity contribution is 9.10. The van der Waals surface area contributed by atoms with Gasteiger partial charge < -0.3 is 15.0 Å². The van der Waals surface area contributed by atoms with Gasteiger partial charge in [-0.15, -0.1) is 0 Å². The molecule has 0 heterocycles. The number of ether oxygens (including phenoxy) is 1. The Morgan fingerprint density at radius 2 is 1.58 bits per heavy atom. The first-order valence-electron chi connectivity index (χ1n) is 14.7. The summed E-state index contributed by atoms with van der Waals surface area (Å²) in [5.74, 6) is -0.235. The molecule has 0 aliphatic rings. The fourth-order valence-corrected chi connectivity index (χ4v) is 6.68. The summed E-state index contributed by atoms with van der Waals surface area (Å²) in [5, 5.41) is 2.95. The number of carbonyl (C=O) groups excluding carboxylic acids is 2. The number of carbonyl (C=O) groups is 2. The lowest BCUT2D eigenvalue weighted by molar-refractivity contribution is -0.140. The van der Waals surface area contributed by atoms with Crippen molar-refractivity contribution in [2.75, 3.05) is 24.5 Å². The molecule has 0 radical (unpaired) electrons. The van der Waals surface area contributed by atoms with Gasteiger partial charge in [-0.3, -0.25) is 13.9 Å². The number of hydrogen-bond donors (Lipinski definition) is 1. The molecule has 0 fully saturated rings. The Balaban J connectivity index is 1.80. The van der Waals surface area contributed by atoms with Crippen LogP contribution in [0.4, 0.5) is 5.69 Å². The molecule has 45 heavy (non-hydrogen) atoms. The Morgan fingerprint density at radius 3 is 2.24 bits per heavy atom. The molecule has 0 aliphatic heterocycles. The lowest BCUT2D eigenvalue weighted by atomic mass is 10.0. The van der Waals surface area contributed by atoms with E-state index in [0.29, 0.717) is 22.5 Å². The van der Waals surface area contributed by atoms with Crippen LogP contribution in [0.5, 0.6) is 5.75 Å². The lowest BCUT2D eigenvalue weighted by Crippen LogP contribution is -2.53. The van der Waals surface area contributed by atoms with Crippen LogP contribution in [-0.2, 0) is 32.6 Å². The summed E-state index contributed by atoms with van der Waals surface area (Å²) in [6.07, 6.45) is 0.965. The molecule has 8 nitrogen and oxygen atoms in total. The lowest BCUT2D eigenvalue weighted by Gasteiger charge is -2.34. The monoisotopic (exact) mass is 691 g/mol. The minimum absolute atomic E-state index is 0.0572. The van der Waals surface area contributed by atoms with E-state index in [1.165, 1.54) is 17.0 Å². The summed E-state index contributed by atoms with van der Waals surface area (Å²) < 4.78 is 35.4. The summed E-state index contributed by atoms with van der Waals surface area (Å²) in [6, 6.07) is 29.1. The quantitative estimate of drug-likeness (QED) is 0.172. The number of sulfonamides is 1. The summed E-state index contributed by atoms with van der Waals surface area (Å²) in [4.78, 5) is 29.8. The Bertz CT molecular complexity index is 1700. The molecule has 1 N–H and O–H groups in total. The van der Waals surface area contributed by atoms with Gasteiger partial charge in [-0.1, -0.05) is 89.1 Å². The zero-order chi connectivity index (χ0) is 32.4. The number of rotatable bonds is 14. The molecule has 4 rings (SSSR count). The SMILES string of the molecule is CCCNC(=O)C(Cc1ccccc1)N(Cc1cccc(OC)c1)C(=O)CN(c1cccc(Br)c1)S(=O)(=O)c1ccc(C)cc1. The molecular formula is C35H38BrN3O5S. The predicted molar refractivity (Wildman–Crippen MR) is 181 cm³/mol. The van der Waals surface area contributed by atoms with Crippen molar-refractivity contribution < 1.29 is 22.7 Å². The first kappa shape index (κ1) is 33.7. The van der Waals surface area contributed by atoms with Gasteiger partial charge in [0.15, 0.2) is 0 Å². The van der Waals surface area contributed by atoms with Crippen LogP contribution in [0, 0.1) is 6.92 Å². The summed E-state index contributed by atoms with van der Waals surface area (Å²) in [7, 11) is -2.61. The summed E-state index contributed by atoms with van der Waals surface area (Å²) >= 11 is 3.44. The summed E-state index contributed by atoms with van der Waals surface area (Å²) in [5.41, 5.74) is 2.83. The normalized spacial score (nSPS) is 11.8. The number of halogens is 1. The van der Waals surface area contributed by atoms with Gasteiger partial charge in [-0.2, -0.15) is 0 Å². The van der Waals surface area contributed by atoms with Gasteiger partial charge in [0.05, 0.1) is 17.7 Å². The van der Waals surface area contributed by atoms with Crippen LogP contribution in [0.3, 0.4) is 0 Å². The fraction of sp³-hybridized carbons (Fsp3) is 0.257. The number of nitrogens with one attached hydrogen (secondary N) is 1. The Hall–Kier alpha value is -4.15. The van der Waals surface area contributed by atoms with Gasteiger partial charge in [0.25, 0.3) is 10.0 Å². The molecule has 0 saturated carbocycles. The Labute approximate surface area is 274 Å². The van der Waals surface area contributed by atoms with Crippen LogP contribution in [0.1, 0.15) is 30.0 Å². The van der Waals surface area contributed by atoms with E-state index in [1.54, 1.807) is 55.6 Å². The number of hydrogen-bond acceptors (Lipinski definition) is 5. The van der Waals surface area contributed by atoms with Gasteiger partial charge in [0, 0.05) is 24.0 Å². The second kappa shape index (κ2) is 15.7. The van der Waals surface area contributed by atoms with E-state index >= 15 is 0 Å². The van der Waals surface area contributed by atoms with Crippen LogP contribution in [0.15, 0.2) is 112 Å². The molecule has 0 aliphatic carbocycles. The third-order valence-corrected chi connectivity index (χ3v) is 9.57. The van der Waals surface area contributed by atoms with E-state index in [-0.39, 0.29) is 23.8 Å². The van der Waals surface area contributed by atoms with E-state index < -0.39 is 28.5 Å². The number of benzene rings is 4. The number of methoxy groups -OCH3 is 1. The van der Waals surface area contributed by atoms with E-state index in [0.717, 1.165) is 27.4 Å². The first-order chi connectivity index (χ1) is 21.6. The Morgan fingerprint density at radius 1 is 0.889 bits per heavy atom. The molecule has 2 amide bonds. The molecule has 236 valence electrons. The molecule has 0 saturated heterocycles. The minimum atomic E-state index is -4.17. The molecule has 4 aromatic rings. The van der Waals surface area contributed by atoms with Crippen LogP contribution in [0.25, 0.3) is 0 Å². The second-order valence-electron chi connectivity index (χ2n) is 10.7. The maximum absolute atomic E-state index is 14.5. The van der Waals surface area contributed by atoms with Gasteiger partial charge in [-0.25, -0.2) is 8.42 Å². The van der Waals surface area contributed by atoms with Crippen molar-refractivity contribution in [2.24, 2.45) is 0 Å². The van der Waals surface area contributed by atoms with Crippen LogP contribution in [-0.4, -0.2) is 51.4 Å². The first-order valence-corrected chi connectivity index (χ1v) is 16.9. The van der Waals surface area contributed by atoms with Crippen molar-refractivity contribution in [1.82, 2.24) is 10.2 Å². The van der Waals surface area contributed by atoms with Gasteiger partial charge in [0.1, 0.15) is 18.3 Å². The third kappa shape index (κ3) is 8.95. The maximum Gasteiger partial charge on any atom is 0.264 e. The highest BCUT2D eigenvalue weighted by atomic mass is 79.9. The highest BCUT2D eigenvalue weighted by Gasteiger charge is 2.34. The summed E-state index contributed by atoms with van der Waals surface area (Å²) in [6.45, 7) is 3.81. The van der Waals surface area contributed by atoms with Crippen LogP contribution < -0.4 is 14.4 Å². The number of anilines is 1. The molecule has 0 spiro atoms. The maximum atomic E-state index is 14.5. The van der Waals surface area contributed by atoms with Crippen molar-refractivity contribution in [3.63, 3.8) is 0 Å². The standard InChI is InChI=1S/C35H38BrN3O5S/c1-4-20-37-35(41)33(22-27-10-6-5-7-11-27)38(24-28-12-8-15-31(21-28)44-3)34(40)25-39(30-14-9-13-29(36)23-30)45(42,43)32-18-16-26(2)17-19-32/h5-19,21,23,33H,4,20,22,24-25H2,1-3H3,(H,37,41). The van der Waals surface area contributed by atoms with Gasteiger partial charge in [0.2, 0.25) is 11.8 Å². The van der Waals surface area contributed by atoms with E-state index in [1.807, 2.05) is 56.3 Å². The van der Waals surface area contributed by atoms with Crippen molar-refractivity contribution in [1.29, 1.82) is 0 Å². The molecule has 1 atom stereocenters. The van der Waals surface area contributed by atoms with E-state index in [2.05, 4.69) is 21.2 Å². The highest BCUT2D eigenvalue weighted by Crippen LogP contribution is 2.28. The Kier molecular flexibility index (Phi) is 11.8. The smallest absolute Gasteiger partial charge is 0.264 e. The average Bonchev–Trinajstić information content (AvgIpc) is 3.04. The topological polar surface area (TPSA) is 96.0 Å². The largest absolute Gasteiger partial charge is 0.497 e. The third-order valence-electron chi connectivity index (χ3n) is 7.29. The molecule has 10 heteroatoms. The van der Waals surface area contributed by atoms with Gasteiger partial charge >= 0.3 is 0 Å². The molecule has 0 bridgehead atoms. The van der Waals surface area contributed by atoms with E-state index in [4.69, 9.17) is 4.74 Å². The molecular weight excluding hydrogens is 654 g/mol. The predicted octanol–water partition coefficient (Wildman–Crippen LogP) is 6.13. The van der Waals surface area contributed by atoms with Crippen molar-refractivity contribution in [3.8, 4) is 5.75 Å². The zero-order valence-corrected chi connectivity index (χ0v) is 28.1. The fourth-order valence-electron chi connectivity index (χ4n) is 4.88. The van der Waals surface area contributed by atoms with Crippen molar-refractivity contribution >= 4 is 43.5 Å². The average molecular weight is 693 g/mol. The number of nitrogens with zero attached hydrogens (tertiary/aromatic N) is 2. The number of aryl methyl sites for hydroxylation is 1. The molecule has 4 aromatic carbocycles. The van der Waals surface area contributed by atoms with Crippen LogP contribution in [0.2, 0.25) is 0 Å². The van der Waals surface area contributed by atoms with Crippen molar-refractivity contribution in [3.05, 3.63) is 124 Å².